The number of carbonyl (C=O) groups excluding carboxylic acids is 1. The number of hydrogen-bond donors (Lipinski definition) is 4. The molecular formula is C27H29F2N5O2. The first-order chi connectivity index (χ1) is 17.2. The maximum Gasteiger partial charge on any atom is 0.322 e. The van der Waals surface area contributed by atoms with E-state index in [-0.39, 0.29) is 17.5 Å². The Morgan fingerprint density at radius 1 is 1.11 bits per heavy atom. The van der Waals surface area contributed by atoms with Crippen molar-refractivity contribution in [1.29, 1.82) is 0 Å². The van der Waals surface area contributed by atoms with Crippen molar-refractivity contribution in [3.8, 4) is 0 Å². The van der Waals surface area contributed by atoms with Gasteiger partial charge in [-0.15, -0.1) is 0 Å². The van der Waals surface area contributed by atoms with Gasteiger partial charge < -0.3 is 15.7 Å². The maximum atomic E-state index is 14.2. The zero-order valence-electron chi connectivity index (χ0n) is 20.0. The molecule has 0 aliphatic heterocycles. The van der Waals surface area contributed by atoms with Crippen LogP contribution in [0.1, 0.15) is 57.1 Å². The van der Waals surface area contributed by atoms with E-state index in [0.717, 1.165) is 43.6 Å². The molecule has 1 aromatic heterocycles. The van der Waals surface area contributed by atoms with Crippen LogP contribution in [0.5, 0.6) is 0 Å². The van der Waals surface area contributed by atoms with Gasteiger partial charge in [0.25, 0.3) is 0 Å². The van der Waals surface area contributed by atoms with E-state index in [0.29, 0.717) is 35.0 Å². The Bertz CT molecular complexity index is 1330. The number of urea groups is 1. The molecule has 4 saturated carbocycles. The second-order valence-corrected chi connectivity index (χ2v) is 11.0. The Labute approximate surface area is 207 Å². The minimum atomic E-state index is -0.659. The van der Waals surface area contributed by atoms with Crippen molar-refractivity contribution in [2.45, 2.75) is 62.6 Å². The number of nitrogens with zero attached hydrogens (tertiary/aromatic N) is 2. The molecule has 4 aliphatic rings. The van der Waals surface area contributed by atoms with E-state index in [2.05, 4.69) is 25.9 Å². The smallest absolute Gasteiger partial charge is 0.322 e. The topological polar surface area (TPSA) is 99.2 Å². The SMILES string of the molecule is C[C@@H](Nc1ccc2cnc(NC(=O)NC34CC5CC(CC(O)(C5)C3)C4)nc2c1)c1ccc(F)cc1F. The third-order valence-electron chi connectivity index (χ3n) is 8.03. The molecule has 4 bridgehead atoms. The molecule has 2 amide bonds. The molecule has 9 heteroatoms. The summed E-state index contributed by atoms with van der Waals surface area (Å²) in [5.74, 6) is -0.121. The molecule has 4 fully saturated rings. The van der Waals surface area contributed by atoms with E-state index in [1.165, 1.54) is 12.1 Å². The predicted molar refractivity (Wildman–Crippen MR) is 132 cm³/mol. The summed E-state index contributed by atoms with van der Waals surface area (Å²) in [7, 11) is 0. The van der Waals surface area contributed by atoms with Crippen LogP contribution in [0.2, 0.25) is 0 Å². The van der Waals surface area contributed by atoms with Crippen molar-refractivity contribution in [3.63, 3.8) is 0 Å². The van der Waals surface area contributed by atoms with Crippen LogP contribution in [0.3, 0.4) is 0 Å². The van der Waals surface area contributed by atoms with Crippen LogP contribution >= 0.6 is 0 Å². The summed E-state index contributed by atoms with van der Waals surface area (Å²) >= 11 is 0. The molecule has 3 aromatic rings. The van der Waals surface area contributed by atoms with Crippen LogP contribution in [0.15, 0.2) is 42.6 Å². The summed E-state index contributed by atoms with van der Waals surface area (Å²) in [5, 5.41) is 20.8. The Morgan fingerprint density at radius 2 is 1.89 bits per heavy atom. The molecule has 7 rings (SSSR count). The number of benzene rings is 2. The first-order valence-electron chi connectivity index (χ1n) is 12.5. The van der Waals surface area contributed by atoms with Crippen LogP contribution in [-0.4, -0.2) is 32.2 Å². The van der Waals surface area contributed by atoms with Gasteiger partial charge in [0.1, 0.15) is 11.6 Å². The molecular weight excluding hydrogens is 464 g/mol. The molecule has 0 radical (unpaired) electrons. The molecule has 7 nitrogen and oxygen atoms in total. The highest BCUT2D eigenvalue weighted by molar-refractivity contribution is 5.90. The Hall–Kier alpha value is -3.33. The highest BCUT2D eigenvalue weighted by atomic mass is 19.1. The van der Waals surface area contributed by atoms with Gasteiger partial charge >= 0.3 is 6.03 Å². The normalized spacial score (nSPS) is 29.2. The molecule has 0 saturated heterocycles. The van der Waals surface area contributed by atoms with Gasteiger partial charge in [0.05, 0.1) is 17.2 Å². The van der Waals surface area contributed by atoms with Crippen LogP contribution in [-0.2, 0) is 0 Å². The van der Waals surface area contributed by atoms with Crippen molar-refractivity contribution >= 4 is 28.6 Å². The van der Waals surface area contributed by atoms with Crippen molar-refractivity contribution < 1.29 is 18.7 Å². The summed E-state index contributed by atoms with van der Waals surface area (Å²) in [5.41, 5.74) is 0.639. The fourth-order valence-corrected chi connectivity index (χ4v) is 7.09. The van der Waals surface area contributed by atoms with E-state index in [1.807, 2.05) is 12.1 Å². The van der Waals surface area contributed by atoms with Crippen LogP contribution in [0, 0.1) is 23.5 Å². The van der Waals surface area contributed by atoms with E-state index in [9.17, 15) is 18.7 Å². The van der Waals surface area contributed by atoms with Gasteiger partial charge in [-0.05, 0) is 81.5 Å². The fourth-order valence-electron chi connectivity index (χ4n) is 7.09. The number of rotatable bonds is 5. The van der Waals surface area contributed by atoms with Crippen LogP contribution < -0.4 is 16.0 Å². The zero-order valence-corrected chi connectivity index (χ0v) is 20.0. The standard InChI is InChI=1S/C27H29F2N5O2/c1-15(21-5-3-19(28)7-22(21)29)31-20-4-2-18-13-30-24(32-23(18)8-20)33-25(35)34-26-9-16-6-17(10-26)12-27(36,11-16)14-26/h2-5,7-8,13,15-17,31,36H,6,9-12,14H2,1H3,(H2,30,32,33,34,35)/t15-,16?,17?,26?,27?/m1/s1. The zero-order chi connectivity index (χ0) is 25.1. The number of amides is 2. The van der Waals surface area contributed by atoms with Crippen LogP contribution in [0.25, 0.3) is 10.9 Å². The summed E-state index contributed by atoms with van der Waals surface area (Å²) in [4.78, 5) is 21.7. The molecule has 4 aliphatic carbocycles. The molecule has 4 N–H and O–H groups in total. The highest BCUT2D eigenvalue weighted by Gasteiger charge is 2.57. The summed E-state index contributed by atoms with van der Waals surface area (Å²) in [6.07, 6.45) is 6.86. The number of aliphatic hydroxyl groups is 1. The Morgan fingerprint density at radius 3 is 2.61 bits per heavy atom. The summed E-state index contributed by atoms with van der Waals surface area (Å²) in [6, 6.07) is 8.23. The van der Waals surface area contributed by atoms with Gasteiger partial charge in [-0.25, -0.2) is 23.5 Å². The fraction of sp³-hybridized carbons (Fsp3) is 0.444. The van der Waals surface area contributed by atoms with Gasteiger partial charge in [-0.1, -0.05) is 6.07 Å². The van der Waals surface area contributed by atoms with E-state index < -0.39 is 23.3 Å². The van der Waals surface area contributed by atoms with Crippen molar-refractivity contribution in [2.24, 2.45) is 11.8 Å². The number of hydrogen-bond acceptors (Lipinski definition) is 5. The Balaban J connectivity index is 1.16. The number of nitrogens with one attached hydrogen (secondary N) is 3. The molecule has 2 aromatic carbocycles. The maximum absolute atomic E-state index is 14.2. The number of fused-ring (bicyclic) bond motifs is 1. The lowest BCUT2D eigenvalue weighted by molar-refractivity contribution is -0.138. The van der Waals surface area contributed by atoms with Gasteiger partial charge in [0, 0.05) is 34.4 Å². The third kappa shape index (κ3) is 4.36. The van der Waals surface area contributed by atoms with E-state index in [1.54, 1.807) is 19.2 Å². The quantitative estimate of drug-likeness (QED) is 0.387. The highest BCUT2D eigenvalue weighted by Crippen LogP contribution is 2.57. The largest absolute Gasteiger partial charge is 0.390 e. The molecule has 0 spiro atoms. The first-order valence-corrected chi connectivity index (χ1v) is 12.5. The number of aromatic nitrogens is 2. The van der Waals surface area contributed by atoms with E-state index >= 15 is 0 Å². The molecule has 2 unspecified atom stereocenters. The van der Waals surface area contributed by atoms with Gasteiger partial charge in [-0.3, -0.25) is 5.32 Å². The van der Waals surface area contributed by atoms with Crippen LogP contribution in [0.4, 0.5) is 25.2 Å². The lowest BCUT2D eigenvalue weighted by Crippen LogP contribution is -2.65. The van der Waals surface area contributed by atoms with Gasteiger partial charge in [0.2, 0.25) is 5.95 Å². The monoisotopic (exact) mass is 493 g/mol. The van der Waals surface area contributed by atoms with Crippen molar-refractivity contribution in [2.75, 3.05) is 10.6 Å². The lowest BCUT2D eigenvalue weighted by Gasteiger charge is -2.60. The minimum absolute atomic E-state index is 0.179. The first kappa shape index (κ1) is 23.1. The lowest BCUT2D eigenvalue weighted by atomic mass is 9.51. The number of carbonyl (C=O) groups is 1. The number of halogens is 2. The van der Waals surface area contributed by atoms with Crippen molar-refractivity contribution in [3.05, 3.63) is 59.8 Å². The molecule has 36 heavy (non-hydrogen) atoms. The molecule has 188 valence electrons. The molecule has 1 heterocycles. The summed E-state index contributed by atoms with van der Waals surface area (Å²) < 4.78 is 27.4. The van der Waals surface area contributed by atoms with Gasteiger partial charge in [-0.2, -0.15) is 0 Å². The second kappa shape index (κ2) is 8.37. The molecule has 3 atom stereocenters. The van der Waals surface area contributed by atoms with Gasteiger partial charge in [0.15, 0.2) is 0 Å². The average Bonchev–Trinajstić information content (AvgIpc) is 2.76. The van der Waals surface area contributed by atoms with E-state index in [4.69, 9.17) is 0 Å². The predicted octanol–water partition coefficient (Wildman–Crippen LogP) is 5.29. The second-order valence-electron chi connectivity index (χ2n) is 11.0. The minimum Gasteiger partial charge on any atom is -0.390 e. The number of anilines is 2. The summed E-state index contributed by atoms with van der Waals surface area (Å²) in [6.45, 7) is 1.79. The third-order valence-corrected chi connectivity index (χ3v) is 8.03. The Kier molecular flexibility index (Phi) is 5.37. The van der Waals surface area contributed by atoms with Crippen molar-refractivity contribution in [1.82, 2.24) is 15.3 Å². The average molecular weight is 494 g/mol.